The van der Waals surface area contributed by atoms with E-state index >= 15 is 0 Å². The fourth-order valence-electron chi connectivity index (χ4n) is 5.39. The van der Waals surface area contributed by atoms with Crippen LogP contribution in [-0.2, 0) is 16.0 Å². The molecule has 8 nitrogen and oxygen atoms in total. The lowest BCUT2D eigenvalue weighted by Crippen LogP contribution is -2.63. The van der Waals surface area contributed by atoms with Crippen molar-refractivity contribution >= 4 is 22.7 Å². The number of para-hydroxylation sites is 1. The summed E-state index contributed by atoms with van der Waals surface area (Å²) >= 11 is 0. The minimum absolute atomic E-state index is 0.00479. The standard InChI is InChI=1S/C26H29N3O5/c1-5-10-28-14-22(30)29-19(26(28)31)13-17-16-8-6-7-9-18(16)27-23(17)24(29)15-11-20(32-2)25(34-4)21(12-15)33-3/h6-9,11-12,19,24,27H,5,10,13-14H2,1-4H3/t19-,24-/m1/s1. The van der Waals surface area contributed by atoms with Gasteiger partial charge in [0.05, 0.1) is 33.9 Å². The maximum Gasteiger partial charge on any atom is 0.246 e. The molecule has 0 aliphatic carbocycles. The van der Waals surface area contributed by atoms with Crippen molar-refractivity contribution < 1.29 is 23.8 Å². The van der Waals surface area contributed by atoms with Gasteiger partial charge in [-0.2, -0.15) is 0 Å². The molecular formula is C26H29N3O5. The van der Waals surface area contributed by atoms with E-state index in [4.69, 9.17) is 14.2 Å². The van der Waals surface area contributed by atoms with Crippen LogP contribution in [-0.4, -0.2) is 67.1 Å². The van der Waals surface area contributed by atoms with Gasteiger partial charge in [0, 0.05) is 29.6 Å². The van der Waals surface area contributed by atoms with Crippen LogP contribution in [0.5, 0.6) is 17.2 Å². The molecule has 0 spiro atoms. The maximum atomic E-state index is 13.5. The molecular weight excluding hydrogens is 434 g/mol. The second-order valence-electron chi connectivity index (χ2n) is 8.70. The monoisotopic (exact) mass is 463 g/mol. The number of aromatic nitrogens is 1. The molecule has 1 saturated heterocycles. The van der Waals surface area contributed by atoms with Crippen LogP contribution in [0.4, 0.5) is 0 Å². The molecule has 5 rings (SSSR count). The zero-order chi connectivity index (χ0) is 24.0. The van der Waals surface area contributed by atoms with Gasteiger partial charge in [-0.1, -0.05) is 25.1 Å². The van der Waals surface area contributed by atoms with Crippen LogP contribution in [0.1, 0.15) is 36.2 Å². The van der Waals surface area contributed by atoms with Gasteiger partial charge in [0.1, 0.15) is 6.04 Å². The van der Waals surface area contributed by atoms with Crippen LogP contribution in [0.3, 0.4) is 0 Å². The van der Waals surface area contributed by atoms with Gasteiger partial charge in [0.25, 0.3) is 0 Å². The molecule has 1 N–H and O–H groups in total. The lowest BCUT2D eigenvalue weighted by atomic mass is 9.86. The summed E-state index contributed by atoms with van der Waals surface area (Å²) in [7, 11) is 4.69. The largest absolute Gasteiger partial charge is 0.493 e. The second kappa shape index (κ2) is 8.59. The maximum absolute atomic E-state index is 13.5. The van der Waals surface area contributed by atoms with Gasteiger partial charge in [-0.05, 0) is 35.7 Å². The number of carbonyl (C=O) groups is 2. The smallest absolute Gasteiger partial charge is 0.246 e. The number of fused-ring (bicyclic) bond motifs is 4. The van der Waals surface area contributed by atoms with Crippen molar-refractivity contribution in [3.05, 3.63) is 53.2 Å². The number of methoxy groups -OCH3 is 3. The number of rotatable bonds is 6. The summed E-state index contributed by atoms with van der Waals surface area (Å²) in [6, 6.07) is 10.7. The van der Waals surface area contributed by atoms with Crippen molar-refractivity contribution in [1.82, 2.24) is 14.8 Å². The van der Waals surface area contributed by atoms with E-state index in [-0.39, 0.29) is 18.4 Å². The summed E-state index contributed by atoms with van der Waals surface area (Å²) in [6.07, 6.45) is 1.28. The number of benzene rings is 2. The molecule has 2 aliphatic heterocycles. The van der Waals surface area contributed by atoms with Gasteiger partial charge < -0.3 is 29.0 Å². The third kappa shape index (κ3) is 3.28. The molecule has 0 bridgehead atoms. The minimum atomic E-state index is -0.566. The van der Waals surface area contributed by atoms with Gasteiger partial charge in [-0.15, -0.1) is 0 Å². The van der Waals surface area contributed by atoms with Crippen molar-refractivity contribution in [2.75, 3.05) is 34.4 Å². The number of carbonyl (C=O) groups excluding carboxylic acids is 2. The highest BCUT2D eigenvalue weighted by molar-refractivity contribution is 5.97. The molecule has 178 valence electrons. The molecule has 3 heterocycles. The second-order valence-corrected chi connectivity index (χ2v) is 8.70. The van der Waals surface area contributed by atoms with Gasteiger partial charge in [-0.3, -0.25) is 9.59 Å². The summed E-state index contributed by atoms with van der Waals surface area (Å²) in [5.74, 6) is 1.41. The van der Waals surface area contributed by atoms with E-state index in [1.54, 1.807) is 31.1 Å². The highest BCUT2D eigenvalue weighted by atomic mass is 16.5. The van der Waals surface area contributed by atoms with Gasteiger partial charge in [0.2, 0.25) is 17.6 Å². The SMILES string of the molecule is CCCN1CC(=O)N2[C@H](c3cc(OC)c(OC)c(OC)c3)c3[nH]c4ccccc4c3C[C@@H]2C1=O. The Balaban J connectivity index is 1.74. The Hall–Kier alpha value is -3.68. The minimum Gasteiger partial charge on any atom is -0.493 e. The third-order valence-electron chi connectivity index (χ3n) is 6.84. The number of piperazine rings is 1. The molecule has 2 amide bonds. The lowest BCUT2D eigenvalue weighted by molar-refractivity contribution is -0.158. The first-order valence-corrected chi connectivity index (χ1v) is 11.5. The molecule has 2 aliphatic rings. The Bertz CT molecular complexity index is 1240. The number of hydrogen-bond acceptors (Lipinski definition) is 5. The molecule has 2 atom stereocenters. The molecule has 0 unspecified atom stereocenters. The average molecular weight is 464 g/mol. The Kier molecular flexibility index (Phi) is 5.59. The van der Waals surface area contributed by atoms with Gasteiger partial charge in [-0.25, -0.2) is 0 Å². The van der Waals surface area contributed by atoms with E-state index in [0.717, 1.165) is 34.1 Å². The highest BCUT2D eigenvalue weighted by Crippen LogP contribution is 2.46. The summed E-state index contributed by atoms with van der Waals surface area (Å²) in [6.45, 7) is 2.67. The number of H-pyrrole nitrogens is 1. The molecule has 0 saturated carbocycles. The Morgan fingerprint density at radius 3 is 2.38 bits per heavy atom. The first kappa shape index (κ1) is 22.1. The zero-order valence-electron chi connectivity index (χ0n) is 19.9. The predicted molar refractivity (Wildman–Crippen MR) is 127 cm³/mol. The van der Waals surface area contributed by atoms with Crippen LogP contribution >= 0.6 is 0 Å². The van der Waals surface area contributed by atoms with Crippen LogP contribution in [0.15, 0.2) is 36.4 Å². The number of hydrogen-bond donors (Lipinski definition) is 1. The molecule has 3 aromatic rings. The van der Waals surface area contributed by atoms with E-state index < -0.39 is 12.1 Å². The molecule has 34 heavy (non-hydrogen) atoms. The van der Waals surface area contributed by atoms with Gasteiger partial charge in [0.15, 0.2) is 11.5 Å². The number of ether oxygens (including phenoxy) is 3. The van der Waals surface area contributed by atoms with E-state index in [1.807, 2.05) is 37.3 Å². The molecule has 1 aromatic heterocycles. The third-order valence-corrected chi connectivity index (χ3v) is 6.84. The van der Waals surface area contributed by atoms with Crippen molar-refractivity contribution in [3.63, 3.8) is 0 Å². The molecule has 1 fully saturated rings. The van der Waals surface area contributed by atoms with Crippen molar-refractivity contribution in [2.24, 2.45) is 0 Å². The Morgan fingerprint density at radius 1 is 1.03 bits per heavy atom. The van der Waals surface area contributed by atoms with E-state index in [2.05, 4.69) is 11.1 Å². The van der Waals surface area contributed by atoms with Gasteiger partial charge >= 0.3 is 0 Å². The zero-order valence-corrected chi connectivity index (χ0v) is 19.9. The van der Waals surface area contributed by atoms with E-state index in [1.165, 1.54) is 0 Å². The van der Waals surface area contributed by atoms with Crippen LogP contribution in [0, 0.1) is 0 Å². The summed E-state index contributed by atoms with van der Waals surface area (Å²) in [5, 5.41) is 1.07. The van der Waals surface area contributed by atoms with E-state index in [9.17, 15) is 9.59 Å². The number of amides is 2. The topological polar surface area (TPSA) is 84.1 Å². The first-order valence-electron chi connectivity index (χ1n) is 11.5. The normalized spacial score (nSPS) is 19.8. The number of nitrogens with one attached hydrogen (secondary N) is 1. The number of aromatic amines is 1. The first-order chi connectivity index (χ1) is 16.5. The van der Waals surface area contributed by atoms with E-state index in [0.29, 0.717) is 30.2 Å². The lowest BCUT2D eigenvalue weighted by Gasteiger charge is -2.47. The summed E-state index contributed by atoms with van der Waals surface area (Å²) < 4.78 is 16.7. The summed E-state index contributed by atoms with van der Waals surface area (Å²) in [5.41, 5.74) is 3.75. The molecule has 0 radical (unpaired) electrons. The Morgan fingerprint density at radius 2 is 1.74 bits per heavy atom. The van der Waals surface area contributed by atoms with Crippen LogP contribution in [0.25, 0.3) is 10.9 Å². The highest BCUT2D eigenvalue weighted by Gasteiger charge is 2.48. The summed E-state index contributed by atoms with van der Waals surface area (Å²) in [4.78, 5) is 34.0. The number of nitrogens with zero attached hydrogens (tertiary/aromatic N) is 2. The fourth-order valence-corrected chi connectivity index (χ4v) is 5.39. The molecule has 2 aromatic carbocycles. The van der Waals surface area contributed by atoms with Crippen LogP contribution < -0.4 is 14.2 Å². The van der Waals surface area contributed by atoms with Crippen molar-refractivity contribution in [1.29, 1.82) is 0 Å². The average Bonchev–Trinajstić information content (AvgIpc) is 3.23. The quantitative estimate of drug-likeness (QED) is 0.607. The van der Waals surface area contributed by atoms with Crippen molar-refractivity contribution in [3.8, 4) is 17.2 Å². The predicted octanol–water partition coefficient (Wildman–Crippen LogP) is 3.29. The fraction of sp³-hybridized carbons (Fsp3) is 0.385. The van der Waals surface area contributed by atoms with Crippen LogP contribution in [0.2, 0.25) is 0 Å². The molecule has 8 heteroatoms. The van der Waals surface area contributed by atoms with Crippen molar-refractivity contribution in [2.45, 2.75) is 31.8 Å². The Labute approximate surface area is 198 Å².